The van der Waals surface area contributed by atoms with Gasteiger partial charge in [-0.05, 0) is 17.7 Å². The first-order chi connectivity index (χ1) is 9.01. The van der Waals surface area contributed by atoms with Crippen molar-refractivity contribution < 1.29 is 8.42 Å². The predicted molar refractivity (Wildman–Crippen MR) is 76.5 cm³/mol. The molecule has 0 unspecified atom stereocenters. The minimum absolute atomic E-state index is 0.134. The first-order valence-electron chi connectivity index (χ1n) is 5.76. The van der Waals surface area contributed by atoms with Crippen LogP contribution < -0.4 is 0 Å². The number of halogens is 1. The molecule has 0 aliphatic heterocycles. The van der Waals surface area contributed by atoms with Gasteiger partial charge in [0.2, 0.25) is 10.0 Å². The fourth-order valence-electron chi connectivity index (χ4n) is 1.75. The Morgan fingerprint density at radius 3 is 2.21 bits per heavy atom. The molecule has 0 heterocycles. The van der Waals surface area contributed by atoms with Crippen LogP contribution in [-0.2, 0) is 16.6 Å². The van der Waals surface area contributed by atoms with Gasteiger partial charge in [0.1, 0.15) is 4.90 Å². The van der Waals surface area contributed by atoms with Gasteiger partial charge in [-0.15, -0.1) is 0 Å². The minimum atomic E-state index is -3.57. The summed E-state index contributed by atoms with van der Waals surface area (Å²) >= 11 is 5.95. The molecule has 5 heteroatoms. The van der Waals surface area contributed by atoms with Crippen molar-refractivity contribution in [3.8, 4) is 0 Å². The molecule has 0 atom stereocenters. The fourth-order valence-corrected chi connectivity index (χ4v) is 3.40. The molecule has 0 aliphatic carbocycles. The lowest BCUT2D eigenvalue weighted by atomic mass is 10.2. The molecule has 0 saturated carbocycles. The Labute approximate surface area is 118 Å². The van der Waals surface area contributed by atoms with Gasteiger partial charge in [0.15, 0.2) is 0 Å². The van der Waals surface area contributed by atoms with Crippen molar-refractivity contribution in [2.24, 2.45) is 0 Å². The molecule has 2 aromatic carbocycles. The van der Waals surface area contributed by atoms with Crippen LogP contribution >= 0.6 is 11.6 Å². The average molecular weight is 296 g/mol. The molecule has 0 N–H and O–H groups in total. The molecule has 0 aromatic heterocycles. The van der Waals surface area contributed by atoms with Crippen molar-refractivity contribution in [2.75, 3.05) is 7.05 Å². The van der Waals surface area contributed by atoms with Crippen molar-refractivity contribution >= 4 is 21.6 Å². The van der Waals surface area contributed by atoms with Crippen LogP contribution in [0.1, 0.15) is 5.56 Å². The summed E-state index contributed by atoms with van der Waals surface area (Å²) < 4.78 is 26.1. The standard InChI is InChI=1S/C14H14ClNO2S/c1-16(11-12-7-3-2-4-8-12)19(17,18)14-10-6-5-9-13(14)15/h2-10H,11H2,1H3. The molecule has 0 aliphatic rings. The van der Waals surface area contributed by atoms with Crippen molar-refractivity contribution in [1.82, 2.24) is 4.31 Å². The highest BCUT2D eigenvalue weighted by molar-refractivity contribution is 7.89. The topological polar surface area (TPSA) is 37.4 Å². The summed E-state index contributed by atoms with van der Waals surface area (Å²) in [5, 5.41) is 0.238. The van der Waals surface area contributed by atoms with E-state index >= 15 is 0 Å². The zero-order valence-electron chi connectivity index (χ0n) is 10.5. The van der Waals surface area contributed by atoms with E-state index in [9.17, 15) is 8.42 Å². The summed E-state index contributed by atoms with van der Waals surface area (Å²) in [5.74, 6) is 0. The molecule has 0 amide bonds. The van der Waals surface area contributed by atoms with Crippen molar-refractivity contribution in [2.45, 2.75) is 11.4 Å². The van der Waals surface area contributed by atoms with Crippen LogP contribution in [0.25, 0.3) is 0 Å². The Morgan fingerprint density at radius 2 is 1.58 bits per heavy atom. The Balaban J connectivity index is 2.28. The minimum Gasteiger partial charge on any atom is -0.207 e. The molecule has 0 fully saturated rings. The van der Waals surface area contributed by atoms with Crippen LogP contribution in [0.3, 0.4) is 0 Å². The maximum Gasteiger partial charge on any atom is 0.244 e. The summed E-state index contributed by atoms with van der Waals surface area (Å²) in [4.78, 5) is 0.134. The zero-order valence-corrected chi connectivity index (χ0v) is 12.0. The van der Waals surface area contributed by atoms with Gasteiger partial charge in [-0.1, -0.05) is 54.1 Å². The van der Waals surface area contributed by atoms with Gasteiger partial charge in [0.05, 0.1) is 5.02 Å². The fraction of sp³-hybridized carbons (Fsp3) is 0.143. The second-order valence-electron chi connectivity index (χ2n) is 4.18. The monoisotopic (exact) mass is 295 g/mol. The van der Waals surface area contributed by atoms with E-state index in [0.29, 0.717) is 6.54 Å². The molecule has 100 valence electrons. The highest BCUT2D eigenvalue weighted by Gasteiger charge is 2.23. The molecule has 3 nitrogen and oxygen atoms in total. The van der Waals surface area contributed by atoms with E-state index in [1.807, 2.05) is 30.3 Å². The van der Waals surface area contributed by atoms with Crippen molar-refractivity contribution in [3.63, 3.8) is 0 Å². The largest absolute Gasteiger partial charge is 0.244 e. The van der Waals surface area contributed by atoms with Gasteiger partial charge in [-0.2, -0.15) is 4.31 Å². The molecule has 0 saturated heterocycles. The molecule has 2 rings (SSSR count). The molecule has 2 aromatic rings. The number of sulfonamides is 1. The highest BCUT2D eigenvalue weighted by Crippen LogP contribution is 2.24. The third-order valence-electron chi connectivity index (χ3n) is 2.77. The highest BCUT2D eigenvalue weighted by atomic mass is 35.5. The number of rotatable bonds is 4. The van der Waals surface area contributed by atoms with Crippen molar-refractivity contribution in [3.05, 3.63) is 65.2 Å². The van der Waals surface area contributed by atoms with E-state index in [1.165, 1.54) is 10.4 Å². The van der Waals surface area contributed by atoms with E-state index in [0.717, 1.165) is 5.56 Å². The maximum atomic E-state index is 12.4. The van der Waals surface area contributed by atoms with Gasteiger partial charge in [-0.25, -0.2) is 8.42 Å². The molecule has 0 bridgehead atoms. The Hall–Kier alpha value is -1.36. The third kappa shape index (κ3) is 3.15. The third-order valence-corrected chi connectivity index (χ3v) is 5.08. The molecule has 0 radical (unpaired) electrons. The van der Waals surface area contributed by atoms with E-state index in [-0.39, 0.29) is 9.92 Å². The van der Waals surface area contributed by atoms with Crippen LogP contribution in [0.2, 0.25) is 5.02 Å². The SMILES string of the molecule is CN(Cc1ccccc1)S(=O)(=O)c1ccccc1Cl. The Bertz CT molecular complexity index is 656. The van der Waals surface area contributed by atoms with Crippen LogP contribution in [0, 0.1) is 0 Å². The van der Waals surface area contributed by atoms with E-state index in [1.54, 1.807) is 25.2 Å². The number of benzene rings is 2. The summed E-state index contributed by atoms with van der Waals surface area (Å²) in [6.45, 7) is 0.314. The second kappa shape index (κ2) is 5.74. The quantitative estimate of drug-likeness (QED) is 0.869. The number of hydrogen-bond donors (Lipinski definition) is 0. The lowest BCUT2D eigenvalue weighted by Gasteiger charge is -2.18. The second-order valence-corrected chi connectivity index (χ2v) is 6.60. The van der Waals surface area contributed by atoms with Crippen LogP contribution in [0.4, 0.5) is 0 Å². The summed E-state index contributed by atoms with van der Waals surface area (Å²) in [5.41, 5.74) is 0.931. The lowest BCUT2D eigenvalue weighted by Crippen LogP contribution is -2.26. The smallest absolute Gasteiger partial charge is 0.207 e. The number of hydrogen-bond acceptors (Lipinski definition) is 2. The molecular weight excluding hydrogens is 282 g/mol. The van der Waals surface area contributed by atoms with E-state index < -0.39 is 10.0 Å². The van der Waals surface area contributed by atoms with Gasteiger partial charge < -0.3 is 0 Å². The normalized spacial score (nSPS) is 11.7. The lowest BCUT2D eigenvalue weighted by molar-refractivity contribution is 0.467. The van der Waals surface area contributed by atoms with E-state index in [4.69, 9.17) is 11.6 Å². The summed E-state index contributed by atoms with van der Waals surface area (Å²) in [6.07, 6.45) is 0. The molecular formula is C14H14ClNO2S. The maximum absolute atomic E-state index is 12.4. The Morgan fingerprint density at radius 1 is 1.00 bits per heavy atom. The Kier molecular flexibility index (Phi) is 4.24. The van der Waals surface area contributed by atoms with Crippen molar-refractivity contribution in [1.29, 1.82) is 0 Å². The predicted octanol–water partition coefficient (Wildman–Crippen LogP) is 3.16. The van der Waals surface area contributed by atoms with Gasteiger partial charge >= 0.3 is 0 Å². The molecule has 19 heavy (non-hydrogen) atoms. The summed E-state index contributed by atoms with van der Waals surface area (Å²) in [6, 6.07) is 15.9. The van der Waals surface area contributed by atoms with Gasteiger partial charge in [-0.3, -0.25) is 0 Å². The first kappa shape index (κ1) is 14.1. The zero-order chi connectivity index (χ0) is 13.9. The van der Waals surface area contributed by atoms with Gasteiger partial charge in [0, 0.05) is 13.6 Å². The molecule has 0 spiro atoms. The number of nitrogens with zero attached hydrogens (tertiary/aromatic N) is 1. The van der Waals surface area contributed by atoms with Crippen LogP contribution in [0.15, 0.2) is 59.5 Å². The van der Waals surface area contributed by atoms with Gasteiger partial charge in [0.25, 0.3) is 0 Å². The van der Waals surface area contributed by atoms with Crippen LogP contribution in [0.5, 0.6) is 0 Å². The summed E-state index contributed by atoms with van der Waals surface area (Å²) in [7, 11) is -2.02. The van der Waals surface area contributed by atoms with Crippen LogP contribution in [-0.4, -0.2) is 19.8 Å². The van der Waals surface area contributed by atoms with E-state index in [2.05, 4.69) is 0 Å². The average Bonchev–Trinajstić information content (AvgIpc) is 2.40. The first-order valence-corrected chi connectivity index (χ1v) is 7.58.